The molecule has 8 heteroatoms. The SMILES string of the molecule is Cc1cccc(OCCNC(=O)[C@H]2CN(S(=O)(=O)c3ccccc3)c3ccc(C)cc3O2)c1. The first kappa shape index (κ1) is 22.7. The quantitative estimate of drug-likeness (QED) is 0.539. The summed E-state index contributed by atoms with van der Waals surface area (Å²) in [6.45, 7) is 4.27. The third-order valence-corrected chi connectivity index (χ3v) is 7.06. The number of benzene rings is 3. The van der Waals surface area contributed by atoms with Crippen LogP contribution in [0.2, 0.25) is 0 Å². The maximum absolute atomic E-state index is 13.4. The van der Waals surface area contributed by atoms with Crippen molar-refractivity contribution in [1.82, 2.24) is 5.32 Å². The molecule has 0 aliphatic carbocycles. The van der Waals surface area contributed by atoms with Gasteiger partial charge in [-0.25, -0.2) is 8.42 Å². The van der Waals surface area contributed by atoms with Crippen LogP contribution in [0, 0.1) is 13.8 Å². The number of rotatable bonds is 7. The normalized spacial score (nSPS) is 15.3. The van der Waals surface area contributed by atoms with Gasteiger partial charge in [0.05, 0.1) is 23.7 Å². The van der Waals surface area contributed by atoms with Crippen LogP contribution in [0.4, 0.5) is 5.69 Å². The Morgan fingerprint density at radius 3 is 2.55 bits per heavy atom. The van der Waals surface area contributed by atoms with Crippen LogP contribution in [0.5, 0.6) is 11.5 Å². The van der Waals surface area contributed by atoms with Crippen LogP contribution >= 0.6 is 0 Å². The first-order chi connectivity index (χ1) is 15.8. The summed E-state index contributed by atoms with van der Waals surface area (Å²) in [5.41, 5.74) is 2.40. The molecule has 1 heterocycles. The van der Waals surface area contributed by atoms with E-state index in [1.165, 1.54) is 16.4 Å². The first-order valence-electron chi connectivity index (χ1n) is 10.7. The van der Waals surface area contributed by atoms with Gasteiger partial charge in [0.1, 0.15) is 18.1 Å². The lowest BCUT2D eigenvalue weighted by Gasteiger charge is -2.35. The van der Waals surface area contributed by atoms with Gasteiger partial charge < -0.3 is 14.8 Å². The molecule has 1 aliphatic heterocycles. The van der Waals surface area contributed by atoms with Crippen LogP contribution in [0.25, 0.3) is 0 Å². The van der Waals surface area contributed by atoms with Gasteiger partial charge in [-0.05, 0) is 61.4 Å². The number of aryl methyl sites for hydroxylation is 2. The Labute approximate surface area is 194 Å². The monoisotopic (exact) mass is 466 g/mol. The molecule has 0 radical (unpaired) electrons. The van der Waals surface area contributed by atoms with E-state index in [0.29, 0.717) is 11.4 Å². The van der Waals surface area contributed by atoms with E-state index in [-0.39, 0.29) is 24.6 Å². The van der Waals surface area contributed by atoms with Crippen molar-refractivity contribution >= 4 is 21.6 Å². The summed E-state index contributed by atoms with van der Waals surface area (Å²) >= 11 is 0. The predicted molar refractivity (Wildman–Crippen MR) is 126 cm³/mol. The Kier molecular flexibility index (Phi) is 6.55. The molecule has 33 heavy (non-hydrogen) atoms. The second-order valence-electron chi connectivity index (χ2n) is 7.88. The lowest BCUT2D eigenvalue weighted by molar-refractivity contribution is -0.127. The van der Waals surface area contributed by atoms with Gasteiger partial charge in [-0.3, -0.25) is 9.10 Å². The fourth-order valence-electron chi connectivity index (χ4n) is 3.61. The molecule has 0 saturated carbocycles. The number of anilines is 1. The molecule has 0 saturated heterocycles. The second-order valence-corrected chi connectivity index (χ2v) is 9.75. The van der Waals surface area contributed by atoms with Crippen molar-refractivity contribution in [3.8, 4) is 11.5 Å². The Morgan fingerprint density at radius 2 is 1.79 bits per heavy atom. The molecule has 1 aliphatic rings. The molecule has 1 amide bonds. The van der Waals surface area contributed by atoms with Crippen LogP contribution in [0.1, 0.15) is 11.1 Å². The summed E-state index contributed by atoms with van der Waals surface area (Å²) in [6.07, 6.45) is -0.989. The molecule has 1 atom stereocenters. The fourth-order valence-corrected chi connectivity index (χ4v) is 5.10. The molecule has 3 aromatic rings. The minimum absolute atomic E-state index is 0.127. The molecule has 7 nitrogen and oxygen atoms in total. The van der Waals surface area contributed by atoms with E-state index in [9.17, 15) is 13.2 Å². The van der Waals surface area contributed by atoms with Crippen molar-refractivity contribution < 1.29 is 22.7 Å². The smallest absolute Gasteiger partial charge is 0.264 e. The summed E-state index contributed by atoms with van der Waals surface area (Å²) in [6, 6.07) is 21.1. The minimum atomic E-state index is -3.87. The van der Waals surface area contributed by atoms with Crippen LogP contribution in [-0.4, -0.2) is 40.1 Å². The molecule has 172 valence electrons. The van der Waals surface area contributed by atoms with Crippen molar-refractivity contribution in [2.45, 2.75) is 24.8 Å². The highest BCUT2D eigenvalue weighted by Crippen LogP contribution is 2.37. The van der Waals surface area contributed by atoms with Gasteiger partial charge in [-0.15, -0.1) is 0 Å². The van der Waals surface area contributed by atoms with Crippen LogP contribution in [-0.2, 0) is 14.8 Å². The van der Waals surface area contributed by atoms with E-state index in [4.69, 9.17) is 9.47 Å². The van der Waals surface area contributed by atoms with Gasteiger partial charge in [0.15, 0.2) is 6.10 Å². The van der Waals surface area contributed by atoms with E-state index in [0.717, 1.165) is 16.9 Å². The zero-order valence-corrected chi connectivity index (χ0v) is 19.3. The Hall–Kier alpha value is -3.52. The molecule has 0 bridgehead atoms. The molecule has 0 fully saturated rings. The minimum Gasteiger partial charge on any atom is -0.492 e. The average Bonchev–Trinajstić information content (AvgIpc) is 2.81. The maximum Gasteiger partial charge on any atom is 0.264 e. The number of amides is 1. The van der Waals surface area contributed by atoms with Crippen molar-refractivity contribution in [1.29, 1.82) is 0 Å². The summed E-state index contributed by atoms with van der Waals surface area (Å²) in [7, 11) is -3.87. The number of nitrogens with one attached hydrogen (secondary N) is 1. The van der Waals surface area contributed by atoms with Gasteiger partial charge in [0, 0.05) is 0 Å². The summed E-state index contributed by atoms with van der Waals surface area (Å²) in [5, 5.41) is 2.78. The van der Waals surface area contributed by atoms with E-state index >= 15 is 0 Å². The summed E-state index contributed by atoms with van der Waals surface area (Å²) in [4.78, 5) is 13.0. The molecule has 4 rings (SSSR count). The molecule has 3 aromatic carbocycles. The standard InChI is InChI=1S/C25H26N2O5S/c1-18-7-6-8-20(15-18)31-14-13-26-25(28)24-17-27(22-12-11-19(2)16-23(22)32-24)33(29,30)21-9-4-3-5-10-21/h3-12,15-16,24H,13-14,17H2,1-2H3,(H,26,28)/t24-/m1/s1. The second kappa shape index (κ2) is 9.54. The molecular weight excluding hydrogens is 440 g/mol. The summed E-state index contributed by atoms with van der Waals surface area (Å²) in [5.74, 6) is 0.683. The van der Waals surface area contributed by atoms with Crippen molar-refractivity contribution in [3.05, 3.63) is 83.9 Å². The number of ether oxygens (including phenoxy) is 2. The maximum atomic E-state index is 13.4. The highest BCUT2D eigenvalue weighted by Gasteiger charge is 2.37. The lowest BCUT2D eigenvalue weighted by atomic mass is 10.1. The first-order valence-corrected chi connectivity index (χ1v) is 12.1. The third-order valence-electron chi connectivity index (χ3n) is 5.27. The highest BCUT2D eigenvalue weighted by molar-refractivity contribution is 7.92. The van der Waals surface area contributed by atoms with Gasteiger partial charge in [0.2, 0.25) is 0 Å². The van der Waals surface area contributed by atoms with E-state index in [1.54, 1.807) is 30.3 Å². The number of carbonyl (C=O) groups is 1. The zero-order chi connectivity index (χ0) is 23.4. The Balaban J connectivity index is 1.48. The Morgan fingerprint density at radius 1 is 1.03 bits per heavy atom. The molecule has 0 unspecified atom stereocenters. The number of nitrogens with zero attached hydrogens (tertiary/aromatic N) is 1. The van der Waals surface area contributed by atoms with Crippen molar-refractivity contribution in [3.63, 3.8) is 0 Å². The molecule has 0 spiro atoms. The van der Waals surface area contributed by atoms with E-state index in [2.05, 4.69) is 5.32 Å². The van der Waals surface area contributed by atoms with Gasteiger partial charge in [0.25, 0.3) is 15.9 Å². The predicted octanol–water partition coefficient (Wildman–Crippen LogP) is 3.45. The topological polar surface area (TPSA) is 84.9 Å². The largest absolute Gasteiger partial charge is 0.492 e. The number of sulfonamides is 1. The Bertz CT molecular complexity index is 1240. The van der Waals surface area contributed by atoms with E-state index < -0.39 is 22.0 Å². The summed E-state index contributed by atoms with van der Waals surface area (Å²) < 4.78 is 39.6. The lowest BCUT2D eigenvalue weighted by Crippen LogP contribution is -2.51. The molecule has 1 N–H and O–H groups in total. The number of carbonyl (C=O) groups excluding carboxylic acids is 1. The van der Waals surface area contributed by atoms with Crippen molar-refractivity contribution in [2.24, 2.45) is 0 Å². The van der Waals surface area contributed by atoms with Crippen LogP contribution in [0.15, 0.2) is 77.7 Å². The van der Waals surface area contributed by atoms with Gasteiger partial charge >= 0.3 is 0 Å². The van der Waals surface area contributed by atoms with Gasteiger partial charge in [-0.2, -0.15) is 0 Å². The molecule has 0 aromatic heterocycles. The zero-order valence-electron chi connectivity index (χ0n) is 18.5. The fraction of sp³-hybridized carbons (Fsp3) is 0.240. The number of hydrogen-bond acceptors (Lipinski definition) is 5. The molecular formula is C25H26N2O5S. The highest BCUT2D eigenvalue weighted by atomic mass is 32.2. The van der Waals surface area contributed by atoms with E-state index in [1.807, 2.05) is 44.2 Å². The van der Waals surface area contributed by atoms with Crippen molar-refractivity contribution in [2.75, 3.05) is 24.0 Å². The average molecular weight is 467 g/mol. The number of hydrogen-bond donors (Lipinski definition) is 1. The van der Waals surface area contributed by atoms with Crippen LogP contribution in [0.3, 0.4) is 0 Å². The van der Waals surface area contributed by atoms with Crippen LogP contribution < -0.4 is 19.1 Å². The third kappa shape index (κ3) is 5.12. The van der Waals surface area contributed by atoms with Gasteiger partial charge in [-0.1, -0.05) is 36.4 Å². The number of fused-ring (bicyclic) bond motifs is 1.